The van der Waals surface area contributed by atoms with Gasteiger partial charge in [-0.1, -0.05) is 37.3 Å². The third-order valence-electron chi connectivity index (χ3n) is 3.85. The summed E-state index contributed by atoms with van der Waals surface area (Å²) in [5.41, 5.74) is 0.218. The van der Waals surface area contributed by atoms with Crippen molar-refractivity contribution in [1.82, 2.24) is 0 Å². The van der Waals surface area contributed by atoms with E-state index in [2.05, 4.69) is 0 Å². The van der Waals surface area contributed by atoms with Crippen molar-refractivity contribution in [2.45, 2.75) is 33.1 Å². The maximum atomic E-state index is 12.9. The summed E-state index contributed by atoms with van der Waals surface area (Å²) in [6, 6.07) is 12.3. The molecule has 3 nitrogen and oxygen atoms in total. The monoisotopic (exact) mass is 364 g/mol. The average molecular weight is 364 g/mol. The Morgan fingerprint density at radius 2 is 1.73 bits per heavy atom. The van der Waals surface area contributed by atoms with Crippen LogP contribution < -0.4 is 0 Å². The van der Waals surface area contributed by atoms with Crippen LogP contribution >= 0.6 is 0 Å². The summed E-state index contributed by atoms with van der Waals surface area (Å²) in [6.07, 6.45) is -4.72. The zero-order valence-corrected chi connectivity index (χ0v) is 14.5. The van der Waals surface area contributed by atoms with E-state index in [9.17, 15) is 22.8 Å². The van der Waals surface area contributed by atoms with Crippen molar-refractivity contribution in [3.8, 4) is 0 Å². The lowest BCUT2D eigenvalue weighted by molar-refractivity contribution is -0.145. The molecule has 0 saturated carbocycles. The molecule has 0 aliphatic rings. The minimum absolute atomic E-state index is 0.0549. The molecule has 2 aromatic rings. The summed E-state index contributed by atoms with van der Waals surface area (Å²) in [5.74, 6) is -1.87. The second-order valence-corrected chi connectivity index (χ2v) is 6.20. The minimum atomic E-state index is -4.53. The van der Waals surface area contributed by atoms with Crippen LogP contribution in [0.3, 0.4) is 0 Å². The van der Waals surface area contributed by atoms with Gasteiger partial charge in [0.2, 0.25) is 0 Å². The van der Waals surface area contributed by atoms with Gasteiger partial charge in [-0.05, 0) is 36.2 Å². The number of carbonyl (C=O) groups excluding carboxylic acids is 2. The number of aryl methyl sites for hydroxylation is 1. The average Bonchev–Trinajstić information content (AvgIpc) is 2.59. The lowest BCUT2D eigenvalue weighted by atomic mass is 9.94. The number of benzene rings is 2. The second-order valence-electron chi connectivity index (χ2n) is 6.20. The van der Waals surface area contributed by atoms with E-state index in [1.807, 2.05) is 18.2 Å². The van der Waals surface area contributed by atoms with E-state index >= 15 is 0 Å². The van der Waals surface area contributed by atoms with Crippen LogP contribution in [0.2, 0.25) is 0 Å². The highest BCUT2D eigenvalue weighted by Gasteiger charge is 2.32. The van der Waals surface area contributed by atoms with Gasteiger partial charge < -0.3 is 4.74 Å². The highest BCUT2D eigenvalue weighted by Crippen LogP contribution is 2.31. The highest BCUT2D eigenvalue weighted by atomic mass is 19.4. The predicted octanol–water partition coefficient (Wildman–Crippen LogP) is 4.97. The van der Waals surface area contributed by atoms with Crippen molar-refractivity contribution in [2.75, 3.05) is 0 Å². The predicted molar refractivity (Wildman–Crippen MR) is 90.5 cm³/mol. The maximum Gasteiger partial charge on any atom is 0.416 e. The van der Waals surface area contributed by atoms with Gasteiger partial charge in [0.05, 0.1) is 12.0 Å². The van der Waals surface area contributed by atoms with Crippen LogP contribution in [-0.2, 0) is 22.3 Å². The van der Waals surface area contributed by atoms with Gasteiger partial charge in [-0.25, -0.2) is 0 Å². The normalized spacial score (nSPS) is 12.5. The molecule has 0 N–H and O–H groups in total. The van der Waals surface area contributed by atoms with Crippen LogP contribution in [0, 0.1) is 12.8 Å². The Bertz CT molecular complexity index is 783. The third kappa shape index (κ3) is 5.44. The highest BCUT2D eigenvalue weighted by molar-refractivity contribution is 5.99. The van der Waals surface area contributed by atoms with Crippen LogP contribution in [0.1, 0.15) is 40.4 Å². The van der Waals surface area contributed by atoms with Gasteiger partial charge in [-0.2, -0.15) is 13.2 Å². The van der Waals surface area contributed by atoms with E-state index in [1.54, 1.807) is 12.1 Å². The largest absolute Gasteiger partial charge is 0.461 e. The number of rotatable bonds is 6. The van der Waals surface area contributed by atoms with Crippen LogP contribution in [0.4, 0.5) is 13.2 Å². The van der Waals surface area contributed by atoms with Crippen LogP contribution in [-0.4, -0.2) is 11.8 Å². The Labute approximate surface area is 149 Å². The van der Waals surface area contributed by atoms with Gasteiger partial charge in [0.25, 0.3) is 0 Å². The van der Waals surface area contributed by atoms with E-state index in [4.69, 9.17) is 4.74 Å². The van der Waals surface area contributed by atoms with Gasteiger partial charge in [-0.3, -0.25) is 9.59 Å². The minimum Gasteiger partial charge on any atom is -0.461 e. The lowest BCUT2D eigenvalue weighted by Crippen LogP contribution is -2.18. The molecule has 0 spiro atoms. The zero-order chi connectivity index (χ0) is 19.3. The Morgan fingerprint density at radius 1 is 1.08 bits per heavy atom. The van der Waals surface area contributed by atoms with Crippen LogP contribution in [0.15, 0.2) is 48.5 Å². The fourth-order valence-corrected chi connectivity index (χ4v) is 2.51. The van der Waals surface area contributed by atoms with Gasteiger partial charge in [-0.15, -0.1) is 0 Å². The van der Waals surface area contributed by atoms with Crippen molar-refractivity contribution in [3.63, 3.8) is 0 Å². The molecule has 0 aliphatic heterocycles. The summed E-state index contributed by atoms with van der Waals surface area (Å²) >= 11 is 0. The molecule has 2 rings (SSSR count). The molecule has 138 valence electrons. The maximum absolute atomic E-state index is 12.9. The van der Waals surface area contributed by atoms with Gasteiger partial charge in [0, 0.05) is 11.5 Å². The number of halogens is 3. The Kier molecular flexibility index (Phi) is 6.18. The number of alkyl halides is 3. The third-order valence-corrected chi connectivity index (χ3v) is 3.85. The molecular weight excluding hydrogens is 345 g/mol. The standard InChI is InChI=1S/C20H19F3O3/c1-13-8-16(11-17(9-13)20(21,22)23)19(25)14(2)10-18(24)26-12-15-6-4-3-5-7-15/h3-9,11,14H,10,12H2,1-2H3/t14-/m0/s1. The van der Waals surface area contributed by atoms with E-state index in [0.29, 0.717) is 5.56 Å². The molecule has 0 fully saturated rings. The van der Waals surface area contributed by atoms with Crippen molar-refractivity contribution >= 4 is 11.8 Å². The Hall–Kier alpha value is -2.63. The molecule has 6 heteroatoms. The van der Waals surface area contributed by atoms with Gasteiger partial charge >= 0.3 is 12.1 Å². The molecule has 0 heterocycles. The molecule has 0 aromatic heterocycles. The van der Waals surface area contributed by atoms with E-state index < -0.39 is 29.4 Å². The summed E-state index contributed by atoms with van der Waals surface area (Å²) in [6.45, 7) is 3.08. The number of ether oxygens (including phenoxy) is 1. The Balaban J connectivity index is 2.01. The number of Topliss-reactive ketones (excluding diaryl/α,β-unsaturated/α-hetero) is 1. The quantitative estimate of drug-likeness (QED) is 0.537. The molecule has 1 atom stereocenters. The fourth-order valence-electron chi connectivity index (χ4n) is 2.51. The smallest absolute Gasteiger partial charge is 0.416 e. The first-order valence-electron chi connectivity index (χ1n) is 8.09. The van der Waals surface area contributed by atoms with E-state index in [0.717, 1.165) is 17.7 Å². The fraction of sp³-hybridized carbons (Fsp3) is 0.300. The van der Waals surface area contributed by atoms with Crippen molar-refractivity contribution in [3.05, 3.63) is 70.8 Å². The Morgan fingerprint density at radius 3 is 2.35 bits per heavy atom. The summed E-state index contributed by atoms with van der Waals surface area (Å²) in [7, 11) is 0. The number of hydrogen-bond acceptors (Lipinski definition) is 3. The molecule has 0 radical (unpaired) electrons. The van der Waals surface area contributed by atoms with Crippen molar-refractivity contribution in [2.24, 2.45) is 5.92 Å². The van der Waals surface area contributed by atoms with Crippen LogP contribution in [0.5, 0.6) is 0 Å². The van der Waals surface area contributed by atoms with E-state index in [1.165, 1.54) is 19.9 Å². The van der Waals surface area contributed by atoms with Gasteiger partial charge in [0.15, 0.2) is 5.78 Å². The zero-order valence-electron chi connectivity index (χ0n) is 14.5. The number of esters is 1. The van der Waals surface area contributed by atoms with Gasteiger partial charge in [0.1, 0.15) is 6.61 Å². The molecule has 0 amide bonds. The second kappa shape index (κ2) is 8.17. The molecule has 0 aliphatic carbocycles. The number of ketones is 1. The topological polar surface area (TPSA) is 43.4 Å². The number of hydrogen-bond donors (Lipinski definition) is 0. The molecule has 26 heavy (non-hydrogen) atoms. The van der Waals surface area contributed by atoms with Crippen LogP contribution in [0.25, 0.3) is 0 Å². The van der Waals surface area contributed by atoms with Crippen molar-refractivity contribution in [1.29, 1.82) is 0 Å². The SMILES string of the molecule is Cc1cc(C(=O)[C@@H](C)CC(=O)OCc2ccccc2)cc(C(F)(F)F)c1. The summed E-state index contributed by atoms with van der Waals surface area (Å²) in [4.78, 5) is 24.3. The molecule has 0 unspecified atom stereocenters. The molecule has 0 saturated heterocycles. The summed E-state index contributed by atoms with van der Waals surface area (Å²) < 4.78 is 43.8. The summed E-state index contributed by atoms with van der Waals surface area (Å²) in [5, 5.41) is 0. The molecular formula is C20H19F3O3. The molecule has 0 bridgehead atoms. The lowest BCUT2D eigenvalue weighted by Gasteiger charge is -2.13. The first kappa shape index (κ1) is 19.7. The van der Waals surface area contributed by atoms with Crippen molar-refractivity contribution < 1.29 is 27.5 Å². The first-order chi connectivity index (χ1) is 12.2. The first-order valence-corrected chi connectivity index (χ1v) is 8.09. The van der Waals surface area contributed by atoms with E-state index in [-0.39, 0.29) is 18.6 Å². The number of carbonyl (C=O) groups is 2. The molecule has 2 aromatic carbocycles.